The minimum absolute atomic E-state index is 0.241. The van der Waals surface area contributed by atoms with E-state index in [0.29, 0.717) is 5.92 Å². The lowest BCUT2D eigenvalue weighted by atomic mass is 9.80. The lowest BCUT2D eigenvalue weighted by Crippen LogP contribution is -2.51. The summed E-state index contributed by atoms with van der Waals surface area (Å²) in [5.74, 6) is 0.700. The molecule has 1 aliphatic heterocycles. The minimum atomic E-state index is 0.241. The second-order valence-electron chi connectivity index (χ2n) is 6.39. The zero-order valence-corrected chi connectivity index (χ0v) is 14.2. The van der Waals surface area contributed by atoms with Crippen LogP contribution in [0.3, 0.4) is 0 Å². The number of nitrogens with zero attached hydrogens (tertiary/aromatic N) is 3. The highest BCUT2D eigenvalue weighted by atomic mass is 32.2. The molecule has 4 heteroatoms. The van der Waals surface area contributed by atoms with Gasteiger partial charge in [0.05, 0.1) is 16.9 Å². The van der Waals surface area contributed by atoms with Gasteiger partial charge in [0, 0.05) is 18.6 Å². The third-order valence-corrected chi connectivity index (χ3v) is 5.53. The van der Waals surface area contributed by atoms with E-state index < -0.39 is 0 Å². The van der Waals surface area contributed by atoms with E-state index in [-0.39, 0.29) is 5.54 Å². The molecule has 1 fully saturated rings. The van der Waals surface area contributed by atoms with Crippen LogP contribution >= 0.6 is 11.8 Å². The van der Waals surface area contributed by atoms with Crippen molar-refractivity contribution in [2.24, 2.45) is 5.92 Å². The molecule has 0 spiro atoms. The first kappa shape index (κ1) is 15.6. The van der Waals surface area contributed by atoms with Gasteiger partial charge in [-0.1, -0.05) is 0 Å². The van der Waals surface area contributed by atoms with E-state index in [1.165, 1.54) is 18.5 Å². The molecule has 0 N–H and O–H groups in total. The fourth-order valence-corrected chi connectivity index (χ4v) is 3.20. The highest BCUT2D eigenvalue weighted by molar-refractivity contribution is 7.98. The fraction of sp³-hybridized carbons (Fsp3) is 0.688. The summed E-state index contributed by atoms with van der Waals surface area (Å²) in [4.78, 5) is 9.36. The molecule has 1 aliphatic rings. The Bertz CT molecular complexity index is 428. The van der Waals surface area contributed by atoms with E-state index in [4.69, 9.17) is 0 Å². The van der Waals surface area contributed by atoms with Crippen LogP contribution in [0.1, 0.15) is 26.7 Å². The van der Waals surface area contributed by atoms with Gasteiger partial charge in [0.1, 0.15) is 0 Å². The summed E-state index contributed by atoms with van der Waals surface area (Å²) in [5.41, 5.74) is 1.51. The van der Waals surface area contributed by atoms with Gasteiger partial charge in [0.2, 0.25) is 0 Å². The molecule has 20 heavy (non-hydrogen) atoms. The Morgan fingerprint density at radius 2 is 2.10 bits per heavy atom. The first-order valence-corrected chi connectivity index (χ1v) is 8.60. The minimum Gasteiger partial charge on any atom is -0.370 e. The number of aromatic nitrogens is 1. The predicted octanol–water partition coefficient (Wildman–Crippen LogP) is 3.36. The molecule has 1 aromatic rings. The van der Waals surface area contributed by atoms with Gasteiger partial charge in [-0.3, -0.25) is 0 Å². The van der Waals surface area contributed by atoms with E-state index in [1.54, 1.807) is 11.8 Å². The van der Waals surface area contributed by atoms with Gasteiger partial charge in [-0.2, -0.15) is 0 Å². The quantitative estimate of drug-likeness (QED) is 0.793. The van der Waals surface area contributed by atoms with Crippen LogP contribution in [0.4, 0.5) is 5.69 Å². The molecule has 0 saturated carbocycles. The number of anilines is 1. The Morgan fingerprint density at radius 1 is 1.35 bits per heavy atom. The Hall–Kier alpha value is -0.740. The summed E-state index contributed by atoms with van der Waals surface area (Å²) >= 11 is 1.70. The van der Waals surface area contributed by atoms with E-state index in [2.05, 4.69) is 61.1 Å². The van der Waals surface area contributed by atoms with Crippen molar-refractivity contribution in [1.29, 1.82) is 0 Å². The van der Waals surface area contributed by atoms with Crippen molar-refractivity contribution < 1.29 is 0 Å². The molecular weight excluding hydrogens is 266 g/mol. The molecule has 1 saturated heterocycles. The monoisotopic (exact) mass is 293 g/mol. The Labute approximate surface area is 127 Å². The predicted molar refractivity (Wildman–Crippen MR) is 88.7 cm³/mol. The maximum absolute atomic E-state index is 4.51. The SMILES string of the molecule is CSc1ccc(N2CCC[C@@H](C(C)(C)N(C)C)C2)cn1. The van der Waals surface area contributed by atoms with Crippen molar-refractivity contribution in [3.63, 3.8) is 0 Å². The van der Waals surface area contributed by atoms with Crippen molar-refractivity contribution in [2.75, 3.05) is 38.3 Å². The second kappa shape index (κ2) is 6.35. The summed E-state index contributed by atoms with van der Waals surface area (Å²) in [6.07, 6.45) is 6.68. The molecule has 0 unspecified atom stereocenters. The molecule has 0 bridgehead atoms. The van der Waals surface area contributed by atoms with Gasteiger partial charge in [0.15, 0.2) is 0 Å². The van der Waals surface area contributed by atoms with Crippen molar-refractivity contribution in [1.82, 2.24) is 9.88 Å². The second-order valence-corrected chi connectivity index (χ2v) is 7.22. The van der Waals surface area contributed by atoms with Crippen molar-refractivity contribution >= 4 is 17.4 Å². The highest BCUT2D eigenvalue weighted by Gasteiger charge is 2.34. The summed E-state index contributed by atoms with van der Waals surface area (Å²) < 4.78 is 0. The lowest BCUT2D eigenvalue weighted by molar-refractivity contribution is 0.104. The maximum atomic E-state index is 4.51. The molecule has 112 valence electrons. The average Bonchev–Trinajstić information content (AvgIpc) is 2.47. The molecule has 0 aromatic carbocycles. The highest BCUT2D eigenvalue weighted by Crippen LogP contribution is 2.32. The maximum Gasteiger partial charge on any atom is 0.0958 e. The fourth-order valence-electron chi connectivity index (χ4n) is 2.83. The molecule has 1 aromatic heterocycles. The topological polar surface area (TPSA) is 19.4 Å². The number of thioether (sulfide) groups is 1. The zero-order valence-electron chi connectivity index (χ0n) is 13.4. The van der Waals surface area contributed by atoms with E-state index in [9.17, 15) is 0 Å². The number of hydrogen-bond acceptors (Lipinski definition) is 4. The van der Waals surface area contributed by atoms with Crippen LogP contribution in [0.5, 0.6) is 0 Å². The normalized spacial score (nSPS) is 20.5. The molecular formula is C16H27N3S. The first-order valence-electron chi connectivity index (χ1n) is 7.37. The smallest absolute Gasteiger partial charge is 0.0958 e. The van der Waals surface area contributed by atoms with Crippen LogP contribution in [0.2, 0.25) is 0 Å². The zero-order chi connectivity index (χ0) is 14.8. The number of piperidine rings is 1. The van der Waals surface area contributed by atoms with E-state index >= 15 is 0 Å². The first-order chi connectivity index (χ1) is 9.45. The van der Waals surface area contributed by atoms with Crippen LogP contribution < -0.4 is 4.90 Å². The Morgan fingerprint density at radius 3 is 2.65 bits per heavy atom. The summed E-state index contributed by atoms with van der Waals surface area (Å²) in [6.45, 7) is 7.00. The third kappa shape index (κ3) is 3.29. The molecule has 0 aliphatic carbocycles. The molecule has 2 heterocycles. The largest absolute Gasteiger partial charge is 0.370 e. The van der Waals surface area contributed by atoms with Crippen molar-refractivity contribution in [2.45, 2.75) is 37.3 Å². The van der Waals surface area contributed by atoms with Crippen molar-refractivity contribution in [3.8, 4) is 0 Å². The van der Waals surface area contributed by atoms with Crippen LogP contribution in [0.15, 0.2) is 23.4 Å². The number of pyridine rings is 1. The molecule has 2 rings (SSSR count). The average molecular weight is 293 g/mol. The summed E-state index contributed by atoms with van der Waals surface area (Å²) in [7, 11) is 4.38. The van der Waals surface area contributed by atoms with Gasteiger partial charge in [-0.15, -0.1) is 11.8 Å². The van der Waals surface area contributed by atoms with Crippen LogP contribution in [0.25, 0.3) is 0 Å². The van der Waals surface area contributed by atoms with Gasteiger partial charge in [-0.25, -0.2) is 4.98 Å². The van der Waals surface area contributed by atoms with Gasteiger partial charge >= 0.3 is 0 Å². The summed E-state index contributed by atoms with van der Waals surface area (Å²) in [5, 5.41) is 1.09. The summed E-state index contributed by atoms with van der Waals surface area (Å²) in [6, 6.07) is 4.34. The standard InChI is InChI=1S/C16H27N3S/c1-16(2,18(3)4)13-7-6-10-19(12-13)14-8-9-15(20-5)17-11-14/h8-9,11,13H,6-7,10,12H2,1-5H3/t13-/m1/s1. The van der Waals surface area contributed by atoms with Gasteiger partial charge in [-0.05, 0) is 65.1 Å². The van der Waals surface area contributed by atoms with E-state index in [0.717, 1.165) is 18.1 Å². The van der Waals surface area contributed by atoms with Gasteiger partial charge < -0.3 is 9.80 Å². The Balaban J connectivity index is 2.10. The van der Waals surface area contributed by atoms with E-state index in [1.807, 2.05) is 6.20 Å². The number of rotatable bonds is 4. The van der Waals surface area contributed by atoms with Gasteiger partial charge in [0.25, 0.3) is 0 Å². The molecule has 3 nitrogen and oxygen atoms in total. The Kier molecular flexibility index (Phi) is 4.97. The molecule has 0 radical (unpaired) electrons. The van der Waals surface area contributed by atoms with Crippen molar-refractivity contribution in [3.05, 3.63) is 18.3 Å². The molecule has 0 amide bonds. The number of hydrogen-bond donors (Lipinski definition) is 0. The third-order valence-electron chi connectivity index (χ3n) is 4.87. The van der Waals surface area contributed by atoms with Crippen LogP contribution in [-0.4, -0.2) is 48.9 Å². The van der Waals surface area contributed by atoms with Crippen LogP contribution in [0, 0.1) is 5.92 Å². The molecule has 1 atom stereocenters. The lowest BCUT2D eigenvalue weighted by Gasteiger charge is -2.45. The van der Waals surface area contributed by atoms with Crippen LogP contribution in [-0.2, 0) is 0 Å².